The molecule has 4 nitrogen and oxygen atoms in total. The van der Waals surface area contributed by atoms with Crippen LogP contribution < -0.4 is 10.7 Å². The van der Waals surface area contributed by atoms with Gasteiger partial charge in [-0.1, -0.05) is 11.6 Å². The van der Waals surface area contributed by atoms with Crippen LogP contribution in [0.5, 0.6) is 0 Å². The lowest BCUT2D eigenvalue weighted by Crippen LogP contribution is -2.24. The number of nitrogens with one attached hydrogen (secondary N) is 2. The fraction of sp³-hybridized carbons (Fsp3) is 0.143. The monoisotopic (exact) mass is 360 g/mol. The van der Waals surface area contributed by atoms with Crippen molar-refractivity contribution in [1.82, 2.24) is 9.99 Å². The van der Waals surface area contributed by atoms with Gasteiger partial charge in [-0.3, -0.25) is 5.43 Å². The SMILES string of the molecule is Cn1cccc1/C=N/NC(=S)Nc1cc(C(F)(F)F)ccc1Cl. The Morgan fingerprint density at radius 2 is 2.09 bits per heavy atom. The predicted octanol–water partition coefficient (Wildman–Crippen LogP) is 4.02. The summed E-state index contributed by atoms with van der Waals surface area (Å²) in [6.45, 7) is 0. The molecule has 0 aliphatic heterocycles. The average Bonchev–Trinajstić information content (AvgIpc) is 2.86. The number of alkyl halides is 3. The highest BCUT2D eigenvalue weighted by atomic mass is 35.5. The number of hydrogen-bond acceptors (Lipinski definition) is 2. The van der Waals surface area contributed by atoms with Crippen LogP contribution in [0.1, 0.15) is 11.3 Å². The van der Waals surface area contributed by atoms with Gasteiger partial charge in [0.05, 0.1) is 28.2 Å². The van der Waals surface area contributed by atoms with Gasteiger partial charge >= 0.3 is 6.18 Å². The largest absolute Gasteiger partial charge is 0.416 e. The standard InChI is InChI=1S/C14H12ClF3N4S/c1-22-6-2-3-10(22)8-19-21-13(23)20-12-7-9(14(16,17)18)4-5-11(12)15/h2-8H,1H3,(H2,20,21,23)/b19-8+. The minimum absolute atomic E-state index is 0.0247. The number of thiocarbonyl (C=S) groups is 1. The van der Waals surface area contributed by atoms with Gasteiger partial charge in [-0.25, -0.2) is 0 Å². The normalized spacial score (nSPS) is 11.7. The zero-order valence-electron chi connectivity index (χ0n) is 11.9. The number of anilines is 1. The van der Waals surface area contributed by atoms with Gasteiger partial charge < -0.3 is 9.88 Å². The Labute approximate surface area is 140 Å². The molecule has 2 rings (SSSR count). The first-order chi connectivity index (χ1) is 10.8. The molecule has 1 aromatic carbocycles. The number of rotatable bonds is 3. The van der Waals surface area contributed by atoms with E-state index in [1.165, 1.54) is 6.21 Å². The van der Waals surface area contributed by atoms with Gasteiger partial charge in [-0.15, -0.1) is 0 Å². The Bertz CT molecular complexity index is 740. The molecule has 0 aliphatic carbocycles. The van der Waals surface area contributed by atoms with E-state index >= 15 is 0 Å². The Kier molecular flexibility index (Phi) is 5.27. The summed E-state index contributed by atoms with van der Waals surface area (Å²) in [5.41, 5.74) is 2.58. The van der Waals surface area contributed by atoms with Crippen LogP contribution in [0, 0.1) is 0 Å². The highest BCUT2D eigenvalue weighted by Gasteiger charge is 2.31. The van der Waals surface area contributed by atoms with E-state index in [1.807, 2.05) is 29.9 Å². The first kappa shape index (κ1) is 17.3. The van der Waals surface area contributed by atoms with Gasteiger partial charge in [-0.2, -0.15) is 18.3 Å². The molecule has 0 spiro atoms. The summed E-state index contributed by atoms with van der Waals surface area (Å²) >= 11 is 10.8. The summed E-state index contributed by atoms with van der Waals surface area (Å²) in [7, 11) is 1.85. The summed E-state index contributed by atoms with van der Waals surface area (Å²) in [5.74, 6) is 0. The molecule has 1 heterocycles. The Balaban J connectivity index is 2.03. The van der Waals surface area contributed by atoms with Crippen LogP contribution in [0.3, 0.4) is 0 Å². The van der Waals surface area contributed by atoms with E-state index in [-0.39, 0.29) is 15.8 Å². The lowest BCUT2D eigenvalue weighted by Gasteiger charge is -2.12. The van der Waals surface area contributed by atoms with Gasteiger partial charge in [0.1, 0.15) is 0 Å². The molecular formula is C14H12ClF3N4S. The van der Waals surface area contributed by atoms with Crippen LogP contribution in [0.25, 0.3) is 0 Å². The zero-order chi connectivity index (χ0) is 17.0. The number of aromatic nitrogens is 1. The zero-order valence-corrected chi connectivity index (χ0v) is 13.4. The first-order valence-electron chi connectivity index (χ1n) is 6.35. The molecule has 0 bridgehead atoms. The van der Waals surface area contributed by atoms with Crippen molar-refractivity contribution in [2.45, 2.75) is 6.18 Å². The van der Waals surface area contributed by atoms with E-state index in [1.54, 1.807) is 0 Å². The minimum Gasteiger partial charge on any atom is -0.350 e. The molecule has 0 saturated carbocycles. The van der Waals surface area contributed by atoms with Crippen LogP contribution in [0.15, 0.2) is 41.6 Å². The van der Waals surface area contributed by atoms with Crippen molar-refractivity contribution in [2.24, 2.45) is 12.1 Å². The predicted molar refractivity (Wildman–Crippen MR) is 88.8 cm³/mol. The van der Waals surface area contributed by atoms with E-state index in [4.69, 9.17) is 23.8 Å². The van der Waals surface area contributed by atoms with Gasteiger partial charge in [0.25, 0.3) is 0 Å². The van der Waals surface area contributed by atoms with E-state index in [9.17, 15) is 13.2 Å². The Morgan fingerprint density at radius 3 is 2.70 bits per heavy atom. The lowest BCUT2D eigenvalue weighted by molar-refractivity contribution is -0.137. The summed E-state index contributed by atoms with van der Waals surface area (Å²) in [6, 6.07) is 6.63. The van der Waals surface area contributed by atoms with Gasteiger partial charge in [-0.05, 0) is 42.5 Å². The minimum atomic E-state index is -4.46. The van der Waals surface area contributed by atoms with Crippen molar-refractivity contribution >= 4 is 40.8 Å². The summed E-state index contributed by atoms with van der Waals surface area (Å²) in [5, 5.41) is 6.64. The fourth-order valence-electron chi connectivity index (χ4n) is 1.71. The number of hydrazone groups is 1. The third kappa shape index (κ3) is 4.70. The molecule has 0 saturated heterocycles. The number of nitrogens with zero attached hydrogens (tertiary/aromatic N) is 2. The Morgan fingerprint density at radius 1 is 1.35 bits per heavy atom. The highest BCUT2D eigenvalue weighted by Crippen LogP contribution is 2.33. The molecule has 0 amide bonds. The quantitative estimate of drug-likeness (QED) is 0.493. The van der Waals surface area contributed by atoms with Crippen molar-refractivity contribution in [1.29, 1.82) is 0 Å². The van der Waals surface area contributed by atoms with Crippen LogP contribution in [-0.2, 0) is 13.2 Å². The lowest BCUT2D eigenvalue weighted by atomic mass is 10.2. The van der Waals surface area contributed by atoms with Gasteiger partial charge in [0.2, 0.25) is 0 Å². The topological polar surface area (TPSA) is 41.4 Å². The first-order valence-corrected chi connectivity index (χ1v) is 7.14. The maximum atomic E-state index is 12.7. The van der Waals surface area contributed by atoms with Crippen molar-refractivity contribution in [3.05, 3.63) is 52.8 Å². The fourth-order valence-corrected chi connectivity index (χ4v) is 2.04. The van der Waals surface area contributed by atoms with Crippen molar-refractivity contribution in [3.63, 3.8) is 0 Å². The average molecular weight is 361 g/mol. The van der Waals surface area contributed by atoms with Crippen molar-refractivity contribution in [3.8, 4) is 0 Å². The summed E-state index contributed by atoms with van der Waals surface area (Å²) in [4.78, 5) is 0. The van der Waals surface area contributed by atoms with E-state index < -0.39 is 11.7 Å². The van der Waals surface area contributed by atoms with Crippen molar-refractivity contribution in [2.75, 3.05) is 5.32 Å². The molecule has 0 atom stereocenters. The maximum absolute atomic E-state index is 12.7. The Hall–Kier alpha value is -2.06. The van der Waals surface area contributed by atoms with Crippen LogP contribution >= 0.6 is 23.8 Å². The van der Waals surface area contributed by atoms with Crippen molar-refractivity contribution < 1.29 is 13.2 Å². The highest BCUT2D eigenvalue weighted by molar-refractivity contribution is 7.80. The molecular weight excluding hydrogens is 349 g/mol. The van der Waals surface area contributed by atoms with Crippen LogP contribution in [0.4, 0.5) is 18.9 Å². The summed E-state index contributed by atoms with van der Waals surface area (Å²) in [6.07, 6.45) is -1.08. The molecule has 0 fully saturated rings. The third-order valence-corrected chi connectivity index (χ3v) is 3.41. The van der Waals surface area contributed by atoms with E-state index in [0.29, 0.717) is 0 Å². The molecule has 23 heavy (non-hydrogen) atoms. The molecule has 2 N–H and O–H groups in total. The van der Waals surface area contributed by atoms with Crippen LogP contribution in [-0.4, -0.2) is 15.9 Å². The van der Waals surface area contributed by atoms with Crippen LogP contribution in [0.2, 0.25) is 5.02 Å². The summed E-state index contributed by atoms with van der Waals surface area (Å²) < 4.78 is 39.9. The second-order valence-corrected chi connectivity index (χ2v) is 5.38. The molecule has 1 aromatic heterocycles. The number of benzene rings is 1. The van der Waals surface area contributed by atoms with Gasteiger partial charge in [0, 0.05) is 13.2 Å². The van der Waals surface area contributed by atoms with Gasteiger partial charge in [0.15, 0.2) is 5.11 Å². The molecule has 9 heteroatoms. The van der Waals surface area contributed by atoms with E-state index in [2.05, 4.69) is 15.8 Å². The molecule has 0 radical (unpaired) electrons. The maximum Gasteiger partial charge on any atom is 0.416 e. The second kappa shape index (κ2) is 7.01. The number of halogens is 4. The third-order valence-electron chi connectivity index (χ3n) is 2.89. The molecule has 0 aliphatic rings. The van der Waals surface area contributed by atoms with E-state index in [0.717, 1.165) is 23.9 Å². The smallest absolute Gasteiger partial charge is 0.350 e. The number of aryl methyl sites for hydroxylation is 1. The molecule has 0 unspecified atom stereocenters. The second-order valence-electron chi connectivity index (χ2n) is 4.56. The molecule has 2 aromatic rings. The number of hydrogen-bond donors (Lipinski definition) is 2. The molecule has 122 valence electrons.